The van der Waals surface area contributed by atoms with Crippen LogP contribution in [0.3, 0.4) is 0 Å². The summed E-state index contributed by atoms with van der Waals surface area (Å²) in [5.41, 5.74) is 0.870. The molecular formula is C15H24BFN2O2. The zero-order chi connectivity index (χ0) is 15.4. The number of hydrogen-bond acceptors (Lipinski definition) is 4. The van der Waals surface area contributed by atoms with E-state index >= 15 is 0 Å². The van der Waals surface area contributed by atoms with Crippen molar-refractivity contribution in [2.24, 2.45) is 0 Å². The fourth-order valence-corrected chi connectivity index (χ4v) is 3.01. The average Bonchev–Trinajstić information content (AvgIpc) is 2.62. The highest BCUT2D eigenvalue weighted by Crippen LogP contribution is 2.15. The van der Waals surface area contributed by atoms with Crippen LogP contribution < -0.4 is 5.46 Å². The molecule has 1 atom stereocenters. The van der Waals surface area contributed by atoms with Crippen LogP contribution in [0.5, 0.6) is 0 Å². The Hall–Kier alpha value is -0.945. The first-order valence-corrected chi connectivity index (χ1v) is 7.58. The van der Waals surface area contributed by atoms with Crippen molar-refractivity contribution in [3.8, 4) is 0 Å². The molecule has 6 heteroatoms. The van der Waals surface area contributed by atoms with E-state index in [1.165, 1.54) is 6.07 Å². The summed E-state index contributed by atoms with van der Waals surface area (Å²) in [5, 5.41) is 18.4. The Morgan fingerprint density at radius 2 is 2.10 bits per heavy atom. The van der Waals surface area contributed by atoms with Crippen LogP contribution in [-0.4, -0.2) is 59.7 Å². The molecule has 1 aliphatic rings. The molecule has 0 amide bonds. The Kier molecular flexibility index (Phi) is 5.76. The lowest BCUT2D eigenvalue weighted by Crippen LogP contribution is -2.39. The number of hydrogen-bond donors (Lipinski definition) is 2. The van der Waals surface area contributed by atoms with E-state index < -0.39 is 12.9 Å². The van der Waals surface area contributed by atoms with Gasteiger partial charge in [-0.1, -0.05) is 19.1 Å². The van der Waals surface area contributed by atoms with E-state index in [9.17, 15) is 14.4 Å². The summed E-state index contributed by atoms with van der Waals surface area (Å²) >= 11 is 0. The zero-order valence-corrected chi connectivity index (χ0v) is 12.8. The van der Waals surface area contributed by atoms with Crippen LogP contribution in [0.15, 0.2) is 18.2 Å². The van der Waals surface area contributed by atoms with E-state index in [2.05, 4.69) is 23.8 Å². The lowest BCUT2D eigenvalue weighted by molar-refractivity contribution is 0.176. The van der Waals surface area contributed by atoms with Crippen molar-refractivity contribution in [2.45, 2.75) is 32.4 Å². The average molecular weight is 294 g/mol. The fraction of sp³-hybridized carbons (Fsp3) is 0.600. The highest BCUT2D eigenvalue weighted by atomic mass is 19.1. The Bertz CT molecular complexity index is 473. The molecule has 0 aliphatic carbocycles. The van der Waals surface area contributed by atoms with Crippen molar-refractivity contribution in [1.29, 1.82) is 0 Å². The topological polar surface area (TPSA) is 46.9 Å². The second-order valence-electron chi connectivity index (χ2n) is 5.88. The lowest BCUT2D eigenvalue weighted by Gasteiger charge is -2.30. The van der Waals surface area contributed by atoms with E-state index in [0.717, 1.165) is 38.0 Å². The molecule has 4 nitrogen and oxygen atoms in total. The van der Waals surface area contributed by atoms with Crippen LogP contribution in [0.2, 0.25) is 0 Å². The third-order valence-electron chi connectivity index (χ3n) is 4.22. The molecule has 116 valence electrons. The molecule has 0 spiro atoms. The van der Waals surface area contributed by atoms with Gasteiger partial charge in [0, 0.05) is 31.1 Å². The Morgan fingerprint density at radius 1 is 1.33 bits per heavy atom. The lowest BCUT2D eigenvalue weighted by atomic mass is 9.79. The van der Waals surface area contributed by atoms with Crippen molar-refractivity contribution in [1.82, 2.24) is 9.80 Å². The summed E-state index contributed by atoms with van der Waals surface area (Å²) < 4.78 is 13.5. The minimum atomic E-state index is -1.76. The molecule has 1 fully saturated rings. The van der Waals surface area contributed by atoms with Gasteiger partial charge in [-0.05, 0) is 38.1 Å². The van der Waals surface area contributed by atoms with Crippen molar-refractivity contribution < 1.29 is 14.4 Å². The number of benzene rings is 1. The number of halogens is 1. The molecule has 2 N–H and O–H groups in total. The van der Waals surface area contributed by atoms with Gasteiger partial charge in [-0.2, -0.15) is 0 Å². The summed E-state index contributed by atoms with van der Waals surface area (Å²) in [5.74, 6) is -0.573. The molecule has 1 aliphatic heterocycles. The molecule has 1 heterocycles. The van der Waals surface area contributed by atoms with Crippen LogP contribution in [0.4, 0.5) is 4.39 Å². The Balaban J connectivity index is 2.14. The van der Waals surface area contributed by atoms with E-state index in [0.29, 0.717) is 12.6 Å². The SMILES string of the molecule is CCC1CN(C)CCCN1Cc1ccc(F)c(B(O)O)c1. The molecule has 21 heavy (non-hydrogen) atoms. The maximum Gasteiger partial charge on any atom is 0.491 e. The predicted octanol–water partition coefficient (Wildman–Crippen LogP) is 0.422. The minimum absolute atomic E-state index is 0.0486. The normalized spacial score (nSPS) is 21.3. The van der Waals surface area contributed by atoms with Gasteiger partial charge in [0.15, 0.2) is 0 Å². The smallest absolute Gasteiger partial charge is 0.423 e. The van der Waals surface area contributed by atoms with E-state index in [1.54, 1.807) is 12.1 Å². The molecule has 1 aromatic carbocycles. The van der Waals surface area contributed by atoms with Gasteiger partial charge < -0.3 is 14.9 Å². The minimum Gasteiger partial charge on any atom is -0.423 e. The van der Waals surface area contributed by atoms with E-state index in [-0.39, 0.29) is 5.46 Å². The van der Waals surface area contributed by atoms with Crippen LogP contribution in [-0.2, 0) is 6.54 Å². The maximum atomic E-state index is 13.5. The van der Waals surface area contributed by atoms with Gasteiger partial charge in [-0.25, -0.2) is 4.39 Å². The van der Waals surface area contributed by atoms with Crippen molar-refractivity contribution in [3.05, 3.63) is 29.6 Å². The van der Waals surface area contributed by atoms with Crippen LogP contribution in [0, 0.1) is 5.82 Å². The standard InChI is InChI=1S/C15H24BFN2O2/c1-3-13-11-18(2)7-4-8-19(13)10-12-5-6-15(17)14(9-12)16(20)21/h5-6,9,13,20-21H,3-4,7-8,10-11H2,1-2H3. The van der Waals surface area contributed by atoms with Gasteiger partial charge in [0.2, 0.25) is 0 Å². The number of rotatable bonds is 4. The van der Waals surface area contributed by atoms with E-state index in [4.69, 9.17) is 0 Å². The predicted molar refractivity (Wildman–Crippen MR) is 82.8 cm³/mol. The largest absolute Gasteiger partial charge is 0.491 e. The van der Waals surface area contributed by atoms with Crippen LogP contribution in [0.25, 0.3) is 0 Å². The second-order valence-corrected chi connectivity index (χ2v) is 5.88. The molecule has 1 aromatic rings. The second kappa shape index (κ2) is 7.36. The quantitative estimate of drug-likeness (QED) is 0.790. The fourth-order valence-electron chi connectivity index (χ4n) is 3.01. The van der Waals surface area contributed by atoms with Gasteiger partial charge in [0.1, 0.15) is 5.82 Å². The van der Waals surface area contributed by atoms with Crippen molar-refractivity contribution in [3.63, 3.8) is 0 Å². The van der Waals surface area contributed by atoms with Crippen molar-refractivity contribution in [2.75, 3.05) is 26.7 Å². The molecule has 0 radical (unpaired) electrons. The third-order valence-corrected chi connectivity index (χ3v) is 4.22. The number of likely N-dealkylation sites (N-methyl/N-ethyl adjacent to an activating group) is 1. The molecule has 2 rings (SSSR count). The molecular weight excluding hydrogens is 270 g/mol. The van der Waals surface area contributed by atoms with Gasteiger partial charge in [-0.3, -0.25) is 4.90 Å². The van der Waals surface area contributed by atoms with Crippen molar-refractivity contribution >= 4 is 12.6 Å². The first-order valence-electron chi connectivity index (χ1n) is 7.58. The number of nitrogens with zero attached hydrogens (tertiary/aromatic N) is 2. The van der Waals surface area contributed by atoms with Gasteiger partial charge >= 0.3 is 7.12 Å². The molecule has 0 bridgehead atoms. The first kappa shape index (κ1) is 16.4. The summed E-state index contributed by atoms with van der Waals surface area (Å²) in [4.78, 5) is 4.76. The monoisotopic (exact) mass is 294 g/mol. The van der Waals surface area contributed by atoms with Gasteiger partial charge in [0.05, 0.1) is 0 Å². The third kappa shape index (κ3) is 4.26. The summed E-state index contributed by atoms with van der Waals surface area (Å²) in [7, 11) is 0.381. The van der Waals surface area contributed by atoms with Crippen LogP contribution >= 0.6 is 0 Å². The zero-order valence-electron chi connectivity index (χ0n) is 12.8. The molecule has 1 unspecified atom stereocenters. The molecule has 1 saturated heterocycles. The Labute approximate surface area is 126 Å². The molecule has 0 aromatic heterocycles. The summed E-state index contributed by atoms with van der Waals surface area (Å²) in [6, 6.07) is 5.07. The van der Waals surface area contributed by atoms with Gasteiger partial charge in [-0.15, -0.1) is 0 Å². The van der Waals surface area contributed by atoms with E-state index in [1.807, 2.05) is 0 Å². The summed E-state index contributed by atoms with van der Waals surface area (Å²) in [6.45, 7) is 6.04. The van der Waals surface area contributed by atoms with Crippen LogP contribution in [0.1, 0.15) is 25.3 Å². The maximum absolute atomic E-state index is 13.5. The highest BCUT2D eigenvalue weighted by Gasteiger charge is 2.23. The first-order chi connectivity index (χ1) is 10.0. The summed E-state index contributed by atoms with van der Waals surface area (Å²) in [6.07, 6.45) is 2.19. The molecule has 0 saturated carbocycles. The highest BCUT2D eigenvalue weighted by molar-refractivity contribution is 6.58. The van der Waals surface area contributed by atoms with Gasteiger partial charge in [0.25, 0.3) is 0 Å². The Morgan fingerprint density at radius 3 is 2.76 bits per heavy atom.